The van der Waals surface area contributed by atoms with Crippen LogP contribution in [0.4, 0.5) is 0 Å². The minimum atomic E-state index is 0. The molecule has 16 aliphatic rings. The van der Waals surface area contributed by atoms with Crippen LogP contribution in [-0.2, 0) is 21.1 Å². The van der Waals surface area contributed by atoms with Gasteiger partial charge in [0.05, 0.1) is 80.0 Å². The molecule has 16 heterocycles. The molecule has 0 aromatic heterocycles. The predicted molar refractivity (Wildman–Crippen MR) is 172 cm³/mol. The molecule has 0 unspecified atom stereocenters. The summed E-state index contributed by atoms with van der Waals surface area (Å²) in [6, 6.07) is 0. The van der Waals surface area contributed by atoms with E-state index in [0.29, 0.717) is 0 Å². The summed E-state index contributed by atoms with van der Waals surface area (Å²) in [6.07, 6.45) is 17.5. The zero-order chi connectivity index (χ0) is 26.2. The molecule has 0 amide bonds. The van der Waals surface area contributed by atoms with Crippen LogP contribution < -0.4 is 0 Å². The molecule has 0 aliphatic carbocycles. The van der Waals surface area contributed by atoms with Gasteiger partial charge in [0.25, 0.3) is 0 Å². The molecule has 16 rings (SSSR count). The Labute approximate surface area is 266 Å². The third kappa shape index (κ3) is 6.97. The van der Waals surface area contributed by atoms with Gasteiger partial charge in [0, 0.05) is 52.8 Å². The van der Waals surface area contributed by atoms with Gasteiger partial charge >= 0.3 is 0 Å². The predicted octanol–water partition coefficient (Wildman–Crippen LogP) is -0.433. The largest absolute Gasteiger partial charge is 0.245 e. The van der Waals surface area contributed by atoms with Gasteiger partial charge in [-0.3, -0.25) is 0 Å². The molecule has 16 aliphatic heterocycles. The Morgan fingerprint density at radius 2 is 0.293 bits per heavy atom. The van der Waals surface area contributed by atoms with Crippen LogP contribution >= 0.6 is 31.7 Å². The molecule has 41 heavy (non-hydrogen) atoms. The molecule has 0 saturated carbocycles. The number of nitrogens with zero attached hydrogens (tertiary/aromatic N) is 12. The molecule has 0 N–H and O–H groups in total. The Bertz CT molecular complexity index is 569. The maximum atomic E-state index is 2.59. The van der Waals surface area contributed by atoms with E-state index in [1.807, 2.05) is 0 Å². The van der Waals surface area contributed by atoms with Gasteiger partial charge in [-0.05, 0) is 0 Å². The smallest absolute Gasteiger partial charge is 0.114 e. The Kier molecular flexibility index (Phi) is 9.49. The number of hydrogen-bond acceptors (Lipinski definition) is 12. The van der Waals surface area contributed by atoms with Gasteiger partial charge in [0.2, 0.25) is 0 Å². The molecule has 234 valence electrons. The molecule has 0 radical (unpaired) electrons. The summed E-state index contributed by atoms with van der Waals surface area (Å²) in [5.41, 5.74) is 0. The second-order valence-corrected chi connectivity index (χ2v) is 24.4. The van der Waals surface area contributed by atoms with Gasteiger partial charge in [0.15, 0.2) is 0 Å². The molecule has 16 bridgehead atoms. The molecule has 0 aromatic rings. The molecular formula is C24H52N12P4Pt+4. The summed E-state index contributed by atoms with van der Waals surface area (Å²) in [6.45, 7) is 15.1. The second kappa shape index (κ2) is 12.9. The van der Waals surface area contributed by atoms with Crippen molar-refractivity contribution in [1.82, 2.24) is 58.8 Å². The summed E-state index contributed by atoms with van der Waals surface area (Å²) in [4.78, 5) is 31.1. The summed E-state index contributed by atoms with van der Waals surface area (Å²) >= 11 is 0. The van der Waals surface area contributed by atoms with E-state index in [1.165, 1.54) is 155 Å². The van der Waals surface area contributed by atoms with E-state index in [0.717, 1.165) is 0 Å². The number of hydrogen-bond donors (Lipinski definition) is 0. The van der Waals surface area contributed by atoms with Crippen molar-refractivity contribution >= 4 is 31.7 Å². The molecule has 12 nitrogen and oxygen atoms in total. The molecule has 16 fully saturated rings. The first-order valence-electron chi connectivity index (χ1n) is 15.6. The van der Waals surface area contributed by atoms with Crippen molar-refractivity contribution < 1.29 is 21.1 Å². The third-order valence-electron chi connectivity index (χ3n) is 10.2. The fourth-order valence-electron chi connectivity index (χ4n) is 9.53. The van der Waals surface area contributed by atoms with Crippen molar-refractivity contribution in [3.63, 3.8) is 0 Å². The van der Waals surface area contributed by atoms with E-state index in [-0.39, 0.29) is 52.8 Å². The van der Waals surface area contributed by atoms with Gasteiger partial charge in [-0.15, -0.1) is 0 Å². The average molecular weight is 828 g/mol. The summed E-state index contributed by atoms with van der Waals surface area (Å²) in [5.74, 6) is 0. The van der Waals surface area contributed by atoms with Crippen LogP contribution in [0.1, 0.15) is 0 Å². The van der Waals surface area contributed by atoms with Crippen molar-refractivity contribution in [2.45, 2.75) is 0 Å². The first-order valence-corrected chi connectivity index (χ1v) is 24.1. The Hall–Kier alpha value is 1.93. The first-order chi connectivity index (χ1) is 19.6. The zero-order valence-electron chi connectivity index (χ0n) is 24.7. The van der Waals surface area contributed by atoms with Crippen LogP contribution in [0.25, 0.3) is 0 Å². The minimum Gasteiger partial charge on any atom is -0.245 e. The maximum Gasteiger partial charge on any atom is 0.114 e. The van der Waals surface area contributed by atoms with Crippen molar-refractivity contribution in [2.75, 3.05) is 155 Å². The van der Waals surface area contributed by atoms with Crippen molar-refractivity contribution in [2.24, 2.45) is 0 Å². The van der Waals surface area contributed by atoms with Crippen molar-refractivity contribution in [1.29, 1.82) is 0 Å². The average Bonchev–Trinajstić information content (AvgIpc) is 2.87. The molecule has 16 saturated heterocycles. The Morgan fingerprint density at radius 3 is 0.366 bits per heavy atom. The van der Waals surface area contributed by atoms with Crippen LogP contribution in [0, 0.1) is 0 Å². The fraction of sp³-hybridized carbons (Fsp3) is 1.00. The van der Waals surface area contributed by atoms with Crippen LogP contribution in [-0.4, -0.2) is 214 Å². The van der Waals surface area contributed by atoms with Crippen molar-refractivity contribution in [3.8, 4) is 0 Å². The molecule has 0 aromatic carbocycles. The van der Waals surface area contributed by atoms with E-state index >= 15 is 0 Å². The van der Waals surface area contributed by atoms with Crippen LogP contribution in [0.2, 0.25) is 0 Å². The Morgan fingerprint density at radius 1 is 0.195 bits per heavy atom. The summed E-state index contributed by atoms with van der Waals surface area (Å²) in [7, 11) is 0.119. The first kappa shape index (κ1) is 30.3. The van der Waals surface area contributed by atoms with Crippen molar-refractivity contribution in [3.05, 3.63) is 0 Å². The van der Waals surface area contributed by atoms with Gasteiger partial charge in [-0.25, -0.2) is 58.8 Å². The van der Waals surface area contributed by atoms with E-state index < -0.39 is 0 Å². The van der Waals surface area contributed by atoms with Gasteiger partial charge in [-0.2, -0.15) is 0 Å². The van der Waals surface area contributed by atoms with Crippen LogP contribution in [0.15, 0.2) is 0 Å². The minimum absolute atomic E-state index is 0. The van der Waals surface area contributed by atoms with Crippen LogP contribution in [0.3, 0.4) is 0 Å². The summed E-state index contributed by atoms with van der Waals surface area (Å²) < 4.78 is 0. The van der Waals surface area contributed by atoms with E-state index in [9.17, 15) is 0 Å². The van der Waals surface area contributed by atoms with Gasteiger partial charge < -0.3 is 0 Å². The Balaban J connectivity index is 0.0000000826. The zero-order valence-corrected chi connectivity index (χ0v) is 30.9. The monoisotopic (exact) mass is 827 g/mol. The SMILES string of the molecule is C1N2CN3CN1C[PH+](C2)C3.C1N2CN3CN1C[PH+](C2)C3.C1N2CN3CN1C[PH+](C2)C3.C1N2CN3CN1C[PH+](C2)C3.[Pt]. The van der Waals surface area contributed by atoms with Crippen LogP contribution in [0.5, 0.6) is 0 Å². The molecule has 0 spiro atoms. The molecular weight excluding hydrogens is 775 g/mol. The third-order valence-corrected chi connectivity index (χ3v) is 20.9. The van der Waals surface area contributed by atoms with Gasteiger partial charge in [0.1, 0.15) is 75.4 Å². The molecule has 0 atom stereocenters. The fourth-order valence-corrected chi connectivity index (χ4v) is 20.7. The van der Waals surface area contributed by atoms with Gasteiger partial charge in [-0.1, -0.05) is 0 Å². The van der Waals surface area contributed by atoms with E-state index in [4.69, 9.17) is 0 Å². The topological polar surface area (TPSA) is 38.9 Å². The van der Waals surface area contributed by atoms with E-state index in [2.05, 4.69) is 58.8 Å². The normalized spacial score (nSPS) is 56.2. The second-order valence-electron chi connectivity index (χ2n) is 14.6. The number of rotatable bonds is 0. The van der Waals surface area contributed by atoms with E-state index in [1.54, 1.807) is 0 Å². The summed E-state index contributed by atoms with van der Waals surface area (Å²) in [5, 5.41) is 0. The molecule has 17 heteroatoms. The quantitative estimate of drug-likeness (QED) is 0.298. The standard InChI is InChI=1S/4C6H12N3P.Pt/c4*1-7-2-9-3-8(1)5-10(4-7)6-9;/h4*1-6H2;/p+4. The maximum absolute atomic E-state index is 2.59.